The zero-order valence-corrected chi connectivity index (χ0v) is 28.3. The van der Waals surface area contributed by atoms with E-state index < -0.39 is 0 Å². The molecule has 4 heteroatoms. The topological polar surface area (TPSA) is 38.7 Å². The number of thiophene rings is 1. The van der Waals surface area contributed by atoms with Crippen molar-refractivity contribution in [3.05, 3.63) is 176 Å². The summed E-state index contributed by atoms with van der Waals surface area (Å²) in [5.74, 6) is 0.683. The normalized spacial score (nSPS) is 11.5. The first-order chi connectivity index (χ1) is 25.3. The van der Waals surface area contributed by atoms with Crippen molar-refractivity contribution in [3.63, 3.8) is 0 Å². The Bertz CT molecular complexity index is 2850. The van der Waals surface area contributed by atoms with Gasteiger partial charge in [-0.15, -0.1) is 11.3 Å². The Morgan fingerprint density at radius 3 is 1.76 bits per heavy atom. The van der Waals surface area contributed by atoms with Crippen LogP contribution >= 0.6 is 11.3 Å². The predicted octanol–water partition coefficient (Wildman–Crippen LogP) is 12.9. The minimum absolute atomic E-state index is 0.683. The molecule has 0 spiro atoms. The van der Waals surface area contributed by atoms with Gasteiger partial charge in [-0.25, -0.2) is 15.0 Å². The van der Waals surface area contributed by atoms with E-state index in [0.29, 0.717) is 5.82 Å². The molecule has 0 aliphatic rings. The summed E-state index contributed by atoms with van der Waals surface area (Å²) in [5.41, 5.74) is 10.2. The van der Waals surface area contributed by atoms with Gasteiger partial charge in [-0.05, 0) is 46.2 Å². The van der Waals surface area contributed by atoms with Crippen LogP contribution in [0.5, 0.6) is 0 Å². The third kappa shape index (κ3) is 5.08. The molecule has 3 aromatic heterocycles. The molecule has 10 aromatic rings. The van der Waals surface area contributed by atoms with Gasteiger partial charge in [0.05, 0.1) is 22.6 Å². The molecule has 0 aliphatic carbocycles. The van der Waals surface area contributed by atoms with Gasteiger partial charge >= 0.3 is 0 Å². The molecule has 0 aliphatic heterocycles. The third-order valence-electron chi connectivity index (χ3n) is 9.67. The maximum atomic E-state index is 5.49. The van der Waals surface area contributed by atoms with Gasteiger partial charge in [-0.3, -0.25) is 0 Å². The molecular weight excluding hydrogens is 639 g/mol. The molecule has 0 atom stereocenters. The highest BCUT2D eigenvalue weighted by molar-refractivity contribution is 7.26. The third-order valence-corrected chi connectivity index (χ3v) is 10.9. The van der Waals surface area contributed by atoms with Gasteiger partial charge in [-0.2, -0.15) is 0 Å². The molecule has 0 N–H and O–H groups in total. The number of hydrogen-bond acceptors (Lipinski definition) is 4. The fourth-order valence-electron chi connectivity index (χ4n) is 7.29. The molecule has 3 nitrogen and oxygen atoms in total. The minimum Gasteiger partial charge on any atom is -0.247 e. The standard InChI is InChI=1S/C47H29N3S/c1-3-15-31(16-4-1)40-29-41(32-17-5-2-6-18-32)50-47(49-40)34-21-11-20-33(28-34)45-44-38-23-9-10-27-42(38)51-46(44)43-37(25-13-26-39(43)48-45)36-24-12-19-30-14-7-8-22-35(30)36/h1-29H. The number of rotatable bonds is 5. The fourth-order valence-corrected chi connectivity index (χ4v) is 8.57. The van der Waals surface area contributed by atoms with Crippen molar-refractivity contribution in [2.75, 3.05) is 0 Å². The number of nitrogens with zero attached hydrogens (tertiary/aromatic N) is 3. The van der Waals surface area contributed by atoms with Crippen LogP contribution < -0.4 is 0 Å². The van der Waals surface area contributed by atoms with Gasteiger partial charge in [0.25, 0.3) is 0 Å². The number of hydrogen-bond donors (Lipinski definition) is 0. The van der Waals surface area contributed by atoms with Gasteiger partial charge < -0.3 is 0 Å². The Kier molecular flexibility index (Phi) is 7.00. The Morgan fingerprint density at radius 1 is 0.392 bits per heavy atom. The molecule has 238 valence electrons. The van der Waals surface area contributed by atoms with Crippen molar-refractivity contribution in [1.82, 2.24) is 15.0 Å². The lowest BCUT2D eigenvalue weighted by Gasteiger charge is -2.14. The van der Waals surface area contributed by atoms with Crippen molar-refractivity contribution in [2.45, 2.75) is 0 Å². The van der Waals surface area contributed by atoms with Crippen molar-refractivity contribution >= 4 is 53.2 Å². The Hall–Kier alpha value is -6.49. The average molecular weight is 668 g/mol. The molecule has 0 saturated carbocycles. The number of aromatic nitrogens is 3. The Labute approximate surface area is 299 Å². The summed E-state index contributed by atoms with van der Waals surface area (Å²) < 4.78 is 2.50. The zero-order chi connectivity index (χ0) is 33.7. The second kappa shape index (κ2) is 12.1. The Balaban J connectivity index is 1.21. The van der Waals surface area contributed by atoms with Gasteiger partial charge in [0.15, 0.2) is 5.82 Å². The van der Waals surface area contributed by atoms with Crippen LogP contribution in [0.1, 0.15) is 0 Å². The molecule has 0 radical (unpaired) electrons. The van der Waals surface area contributed by atoms with Crippen molar-refractivity contribution in [1.29, 1.82) is 0 Å². The van der Waals surface area contributed by atoms with E-state index in [4.69, 9.17) is 15.0 Å². The molecule has 0 fully saturated rings. The molecule has 3 heterocycles. The van der Waals surface area contributed by atoms with E-state index in [0.717, 1.165) is 44.9 Å². The van der Waals surface area contributed by atoms with Gasteiger partial charge in [0.2, 0.25) is 0 Å². The number of pyridine rings is 1. The molecular formula is C47H29N3S. The summed E-state index contributed by atoms with van der Waals surface area (Å²) in [7, 11) is 0. The average Bonchev–Trinajstić information content (AvgIpc) is 3.60. The summed E-state index contributed by atoms with van der Waals surface area (Å²) in [6.07, 6.45) is 0. The van der Waals surface area contributed by atoms with E-state index in [1.807, 2.05) is 47.7 Å². The highest BCUT2D eigenvalue weighted by Gasteiger charge is 2.20. The zero-order valence-electron chi connectivity index (χ0n) is 27.5. The molecule has 0 unspecified atom stereocenters. The van der Waals surface area contributed by atoms with E-state index in [9.17, 15) is 0 Å². The van der Waals surface area contributed by atoms with E-state index in [-0.39, 0.29) is 0 Å². The summed E-state index contributed by atoms with van der Waals surface area (Å²) in [5, 5.41) is 6.06. The molecule has 0 bridgehead atoms. The lowest BCUT2D eigenvalue weighted by Crippen LogP contribution is -1.96. The lowest BCUT2D eigenvalue weighted by atomic mass is 9.93. The first-order valence-corrected chi connectivity index (χ1v) is 17.9. The van der Waals surface area contributed by atoms with E-state index in [1.54, 1.807) is 0 Å². The second-order valence-corrected chi connectivity index (χ2v) is 13.8. The van der Waals surface area contributed by atoms with Crippen LogP contribution in [0, 0.1) is 0 Å². The molecule has 0 amide bonds. The molecule has 7 aromatic carbocycles. The smallest absolute Gasteiger partial charge is 0.160 e. The van der Waals surface area contributed by atoms with E-state index in [1.165, 1.54) is 47.5 Å². The van der Waals surface area contributed by atoms with Crippen molar-refractivity contribution < 1.29 is 0 Å². The highest BCUT2D eigenvalue weighted by Crippen LogP contribution is 2.46. The maximum Gasteiger partial charge on any atom is 0.160 e. The quantitative estimate of drug-likeness (QED) is 0.183. The van der Waals surface area contributed by atoms with Crippen LogP contribution in [-0.4, -0.2) is 15.0 Å². The van der Waals surface area contributed by atoms with Crippen LogP contribution in [0.25, 0.3) is 98.1 Å². The predicted molar refractivity (Wildman–Crippen MR) is 215 cm³/mol. The van der Waals surface area contributed by atoms with Crippen molar-refractivity contribution in [2.24, 2.45) is 0 Å². The number of benzene rings is 7. The molecule has 0 saturated heterocycles. The van der Waals surface area contributed by atoms with Gasteiger partial charge in [0.1, 0.15) is 0 Å². The number of fused-ring (bicyclic) bond motifs is 6. The monoisotopic (exact) mass is 667 g/mol. The van der Waals surface area contributed by atoms with Crippen LogP contribution in [0.3, 0.4) is 0 Å². The van der Waals surface area contributed by atoms with E-state index in [2.05, 4.69) is 140 Å². The van der Waals surface area contributed by atoms with E-state index >= 15 is 0 Å². The molecule has 10 rings (SSSR count). The van der Waals surface area contributed by atoms with Crippen LogP contribution in [0.15, 0.2) is 176 Å². The minimum atomic E-state index is 0.683. The van der Waals surface area contributed by atoms with Crippen molar-refractivity contribution in [3.8, 4) is 56.3 Å². The SMILES string of the molecule is c1ccc(-c2cc(-c3ccccc3)nc(-c3cccc(-c4nc5cccc(-c6cccc7ccccc67)c5c5sc6ccccc6c45)c3)n2)cc1. The summed E-state index contributed by atoms with van der Waals surface area (Å²) in [6.45, 7) is 0. The highest BCUT2D eigenvalue weighted by atomic mass is 32.1. The summed E-state index contributed by atoms with van der Waals surface area (Å²) >= 11 is 1.85. The van der Waals surface area contributed by atoms with Gasteiger partial charge in [-0.1, -0.05) is 152 Å². The maximum absolute atomic E-state index is 5.49. The van der Waals surface area contributed by atoms with Crippen LogP contribution in [-0.2, 0) is 0 Å². The second-order valence-electron chi connectivity index (χ2n) is 12.8. The van der Waals surface area contributed by atoms with Crippen LogP contribution in [0.2, 0.25) is 0 Å². The lowest BCUT2D eigenvalue weighted by molar-refractivity contribution is 1.18. The summed E-state index contributed by atoms with van der Waals surface area (Å²) in [6, 6.07) is 61.8. The first kappa shape index (κ1) is 29.4. The summed E-state index contributed by atoms with van der Waals surface area (Å²) in [4.78, 5) is 15.7. The Morgan fingerprint density at radius 2 is 0.980 bits per heavy atom. The molecule has 51 heavy (non-hydrogen) atoms. The largest absolute Gasteiger partial charge is 0.247 e. The fraction of sp³-hybridized carbons (Fsp3) is 0. The first-order valence-electron chi connectivity index (χ1n) is 17.1. The van der Waals surface area contributed by atoms with Crippen LogP contribution in [0.4, 0.5) is 0 Å². The van der Waals surface area contributed by atoms with Gasteiger partial charge in [0, 0.05) is 47.8 Å².